The minimum Gasteiger partial charge on any atom is -0.480 e. The quantitative estimate of drug-likeness (QED) is 0.710. The van der Waals surface area contributed by atoms with Crippen molar-refractivity contribution in [2.45, 2.75) is 25.3 Å². The van der Waals surface area contributed by atoms with Crippen molar-refractivity contribution in [3.05, 3.63) is 71.3 Å². The monoisotopic (exact) mass is 355 g/mol. The Labute approximate surface area is 151 Å². The average molecular weight is 355 g/mol. The maximum Gasteiger partial charge on any atom is 0.337 e. The number of amides is 1. The summed E-state index contributed by atoms with van der Waals surface area (Å²) in [6, 6.07) is 14.7. The predicted octanol–water partition coefficient (Wildman–Crippen LogP) is 2.68. The molecule has 0 fully saturated rings. The van der Waals surface area contributed by atoms with Crippen LogP contribution in [0.2, 0.25) is 0 Å². The first kappa shape index (κ1) is 19.2. The van der Waals surface area contributed by atoms with Gasteiger partial charge >= 0.3 is 11.9 Å². The fourth-order valence-electron chi connectivity index (χ4n) is 2.56. The number of esters is 1. The topological polar surface area (TPSA) is 92.7 Å². The van der Waals surface area contributed by atoms with Gasteiger partial charge in [0.05, 0.1) is 12.7 Å². The molecule has 0 aliphatic rings. The van der Waals surface area contributed by atoms with Crippen molar-refractivity contribution in [2.24, 2.45) is 0 Å². The van der Waals surface area contributed by atoms with Gasteiger partial charge in [-0.3, -0.25) is 4.79 Å². The number of carboxylic acid groups (broad SMARTS) is 1. The molecule has 26 heavy (non-hydrogen) atoms. The van der Waals surface area contributed by atoms with E-state index in [0.717, 1.165) is 12.0 Å². The van der Waals surface area contributed by atoms with Crippen LogP contribution in [-0.4, -0.2) is 36.1 Å². The molecular formula is C20H21NO5. The molecule has 2 aromatic carbocycles. The van der Waals surface area contributed by atoms with Crippen LogP contribution in [0.15, 0.2) is 54.6 Å². The molecule has 0 aromatic heterocycles. The van der Waals surface area contributed by atoms with Crippen molar-refractivity contribution in [3.63, 3.8) is 0 Å². The predicted molar refractivity (Wildman–Crippen MR) is 96.1 cm³/mol. The lowest BCUT2D eigenvalue weighted by molar-refractivity contribution is -0.139. The summed E-state index contributed by atoms with van der Waals surface area (Å²) in [4.78, 5) is 35.3. The first-order valence-corrected chi connectivity index (χ1v) is 8.27. The molecule has 0 radical (unpaired) electrons. The lowest BCUT2D eigenvalue weighted by atomic mass is 10.0. The minimum absolute atomic E-state index is 0.210. The van der Waals surface area contributed by atoms with Gasteiger partial charge in [0.2, 0.25) is 0 Å². The van der Waals surface area contributed by atoms with Gasteiger partial charge in [-0.25, -0.2) is 9.59 Å². The number of carbonyl (C=O) groups excluding carboxylic acids is 2. The van der Waals surface area contributed by atoms with E-state index in [9.17, 15) is 19.5 Å². The van der Waals surface area contributed by atoms with Gasteiger partial charge in [-0.05, 0) is 43.0 Å². The van der Waals surface area contributed by atoms with Gasteiger partial charge in [0.25, 0.3) is 5.91 Å². The number of hydrogen-bond donors (Lipinski definition) is 2. The van der Waals surface area contributed by atoms with Crippen molar-refractivity contribution in [1.82, 2.24) is 5.32 Å². The molecule has 1 amide bonds. The molecule has 0 saturated heterocycles. The van der Waals surface area contributed by atoms with E-state index < -0.39 is 23.9 Å². The Kier molecular flexibility index (Phi) is 6.91. The highest BCUT2D eigenvalue weighted by atomic mass is 16.5. The number of carbonyl (C=O) groups is 3. The van der Waals surface area contributed by atoms with E-state index >= 15 is 0 Å². The third-order valence-electron chi connectivity index (χ3n) is 3.95. The van der Waals surface area contributed by atoms with Crippen LogP contribution >= 0.6 is 0 Å². The molecule has 2 rings (SSSR count). The first-order chi connectivity index (χ1) is 12.5. The molecule has 0 aliphatic heterocycles. The second-order valence-electron chi connectivity index (χ2n) is 5.81. The minimum atomic E-state index is -1.09. The van der Waals surface area contributed by atoms with Crippen LogP contribution in [0.4, 0.5) is 0 Å². The van der Waals surface area contributed by atoms with Crippen molar-refractivity contribution >= 4 is 17.8 Å². The molecule has 1 atom stereocenters. The van der Waals surface area contributed by atoms with Gasteiger partial charge in [0, 0.05) is 5.56 Å². The zero-order chi connectivity index (χ0) is 18.9. The Bertz CT molecular complexity index is 773. The van der Waals surface area contributed by atoms with Crippen LogP contribution in [0.5, 0.6) is 0 Å². The number of methoxy groups -OCH3 is 1. The van der Waals surface area contributed by atoms with Crippen molar-refractivity contribution in [2.75, 3.05) is 7.11 Å². The summed E-state index contributed by atoms with van der Waals surface area (Å²) in [5.41, 5.74) is 1.56. The van der Waals surface area contributed by atoms with E-state index in [1.807, 2.05) is 30.3 Å². The third kappa shape index (κ3) is 5.44. The molecule has 2 aromatic rings. The highest BCUT2D eigenvalue weighted by Crippen LogP contribution is 2.10. The van der Waals surface area contributed by atoms with Crippen LogP contribution in [0.1, 0.15) is 39.1 Å². The van der Waals surface area contributed by atoms with Crippen LogP contribution in [0, 0.1) is 0 Å². The lowest BCUT2D eigenvalue weighted by Gasteiger charge is -2.15. The Balaban J connectivity index is 1.97. The summed E-state index contributed by atoms with van der Waals surface area (Å²) in [5, 5.41) is 11.9. The lowest BCUT2D eigenvalue weighted by Crippen LogP contribution is -2.40. The molecular weight excluding hydrogens is 334 g/mol. The van der Waals surface area contributed by atoms with Crippen LogP contribution in [-0.2, 0) is 16.0 Å². The molecule has 0 unspecified atom stereocenters. The Morgan fingerprint density at radius 1 is 1.04 bits per heavy atom. The van der Waals surface area contributed by atoms with Crippen LogP contribution in [0.25, 0.3) is 0 Å². The third-order valence-corrected chi connectivity index (χ3v) is 3.95. The molecule has 0 aliphatic carbocycles. The summed E-state index contributed by atoms with van der Waals surface area (Å²) in [5.74, 6) is -2.18. The second kappa shape index (κ2) is 9.36. The molecule has 2 N–H and O–H groups in total. The Morgan fingerprint density at radius 2 is 1.73 bits per heavy atom. The zero-order valence-corrected chi connectivity index (χ0v) is 14.5. The highest BCUT2D eigenvalue weighted by Gasteiger charge is 2.21. The maximum atomic E-state index is 12.3. The summed E-state index contributed by atoms with van der Waals surface area (Å²) in [6.45, 7) is 0. The number of aliphatic carboxylic acids is 1. The molecule has 0 bridgehead atoms. The second-order valence-corrected chi connectivity index (χ2v) is 5.81. The van der Waals surface area contributed by atoms with Crippen LogP contribution in [0.3, 0.4) is 0 Å². The first-order valence-electron chi connectivity index (χ1n) is 8.27. The largest absolute Gasteiger partial charge is 0.480 e. The van der Waals surface area contributed by atoms with Gasteiger partial charge < -0.3 is 15.2 Å². The molecule has 6 heteroatoms. The van der Waals surface area contributed by atoms with Gasteiger partial charge in [-0.2, -0.15) is 0 Å². The normalized spacial score (nSPS) is 11.4. The number of ether oxygens (including phenoxy) is 1. The van der Waals surface area contributed by atoms with E-state index in [1.54, 1.807) is 6.07 Å². The summed E-state index contributed by atoms with van der Waals surface area (Å²) < 4.78 is 4.62. The van der Waals surface area contributed by atoms with Gasteiger partial charge in [0.1, 0.15) is 6.04 Å². The van der Waals surface area contributed by atoms with E-state index in [1.165, 1.54) is 25.3 Å². The summed E-state index contributed by atoms with van der Waals surface area (Å²) >= 11 is 0. The zero-order valence-electron chi connectivity index (χ0n) is 14.5. The van der Waals surface area contributed by atoms with Crippen molar-refractivity contribution in [1.29, 1.82) is 0 Å². The fraction of sp³-hybridized carbons (Fsp3) is 0.250. The summed E-state index contributed by atoms with van der Waals surface area (Å²) in [6.07, 6.45) is 1.68. The van der Waals surface area contributed by atoms with E-state index in [4.69, 9.17) is 0 Å². The highest BCUT2D eigenvalue weighted by molar-refractivity contribution is 5.99. The number of benzene rings is 2. The summed E-state index contributed by atoms with van der Waals surface area (Å²) in [7, 11) is 1.25. The van der Waals surface area contributed by atoms with Crippen LogP contribution < -0.4 is 5.32 Å². The molecule has 0 spiro atoms. The molecule has 0 heterocycles. The van der Waals surface area contributed by atoms with Crippen molar-refractivity contribution < 1.29 is 24.2 Å². The van der Waals surface area contributed by atoms with Gasteiger partial charge in [-0.1, -0.05) is 36.4 Å². The van der Waals surface area contributed by atoms with E-state index in [-0.39, 0.29) is 11.1 Å². The average Bonchev–Trinajstić information content (AvgIpc) is 2.67. The molecule has 136 valence electrons. The number of nitrogens with one attached hydrogen (secondary N) is 1. The fourth-order valence-corrected chi connectivity index (χ4v) is 2.56. The number of aryl methyl sites for hydroxylation is 1. The standard InChI is InChI=1S/C20H21NO5/c1-26-20(25)16-11-6-10-15(13-16)18(22)21-17(19(23)24)12-5-9-14-7-3-2-4-8-14/h2-4,6-8,10-11,13,17H,5,9,12H2,1H3,(H,21,22)(H,23,24)/t17-/m1/s1. The molecule has 0 saturated carbocycles. The van der Waals surface area contributed by atoms with E-state index in [2.05, 4.69) is 10.1 Å². The Morgan fingerprint density at radius 3 is 2.38 bits per heavy atom. The number of hydrogen-bond acceptors (Lipinski definition) is 4. The number of carboxylic acids is 1. The van der Waals surface area contributed by atoms with E-state index in [0.29, 0.717) is 12.8 Å². The maximum absolute atomic E-state index is 12.3. The SMILES string of the molecule is COC(=O)c1cccc(C(=O)N[C@H](CCCc2ccccc2)C(=O)O)c1. The van der Waals surface area contributed by atoms with Crippen molar-refractivity contribution in [3.8, 4) is 0 Å². The van der Waals surface area contributed by atoms with Gasteiger partial charge in [-0.15, -0.1) is 0 Å². The van der Waals surface area contributed by atoms with Gasteiger partial charge in [0.15, 0.2) is 0 Å². The molecule has 6 nitrogen and oxygen atoms in total. The smallest absolute Gasteiger partial charge is 0.337 e. The number of rotatable bonds is 8. The Hall–Kier alpha value is -3.15.